The van der Waals surface area contributed by atoms with Crippen LogP contribution in [0.15, 0.2) is 75.0 Å². The van der Waals surface area contributed by atoms with E-state index in [-0.39, 0.29) is 0 Å². The van der Waals surface area contributed by atoms with Gasteiger partial charge in [-0.05, 0) is 47.8 Å². The SMILES string of the molecule is Clc1ccc(N=c2scc(-c3cccs3)n2Cc2ccco2)cc1. The van der Waals surface area contributed by atoms with Crippen molar-refractivity contribution < 1.29 is 4.42 Å². The molecule has 0 saturated heterocycles. The van der Waals surface area contributed by atoms with Gasteiger partial charge in [0, 0.05) is 10.4 Å². The summed E-state index contributed by atoms with van der Waals surface area (Å²) < 4.78 is 7.71. The second-order valence-corrected chi connectivity index (χ2v) is 7.36. The molecule has 0 aliphatic carbocycles. The third-order valence-corrected chi connectivity index (χ3v) is 5.52. The van der Waals surface area contributed by atoms with E-state index in [0.717, 1.165) is 21.9 Å². The van der Waals surface area contributed by atoms with Gasteiger partial charge in [0.05, 0.1) is 29.1 Å². The second kappa shape index (κ2) is 6.81. The van der Waals surface area contributed by atoms with Crippen LogP contribution in [-0.4, -0.2) is 4.57 Å². The number of hydrogen-bond donors (Lipinski definition) is 0. The van der Waals surface area contributed by atoms with Crippen LogP contribution in [-0.2, 0) is 6.54 Å². The molecule has 0 radical (unpaired) electrons. The van der Waals surface area contributed by atoms with Gasteiger partial charge < -0.3 is 8.98 Å². The van der Waals surface area contributed by atoms with Crippen molar-refractivity contribution in [3.05, 3.63) is 81.1 Å². The van der Waals surface area contributed by atoms with Gasteiger partial charge in [-0.15, -0.1) is 22.7 Å². The predicted molar refractivity (Wildman–Crippen MR) is 100 cm³/mol. The lowest BCUT2D eigenvalue weighted by Gasteiger charge is -2.06. The first-order valence-electron chi connectivity index (χ1n) is 7.34. The molecule has 0 aliphatic heterocycles. The highest BCUT2D eigenvalue weighted by Gasteiger charge is 2.11. The molecule has 4 rings (SSSR count). The van der Waals surface area contributed by atoms with Crippen LogP contribution in [0.1, 0.15) is 5.76 Å². The number of rotatable bonds is 4. The van der Waals surface area contributed by atoms with Crippen LogP contribution in [0.2, 0.25) is 5.02 Å². The molecule has 0 atom stereocenters. The summed E-state index contributed by atoms with van der Waals surface area (Å²) >= 11 is 9.30. The van der Waals surface area contributed by atoms with Gasteiger partial charge in [-0.1, -0.05) is 17.7 Å². The fourth-order valence-electron chi connectivity index (χ4n) is 2.38. The van der Waals surface area contributed by atoms with Gasteiger partial charge in [-0.2, -0.15) is 0 Å². The number of aromatic nitrogens is 1. The van der Waals surface area contributed by atoms with Crippen molar-refractivity contribution in [3.63, 3.8) is 0 Å². The van der Waals surface area contributed by atoms with E-state index in [1.165, 1.54) is 4.88 Å². The molecule has 0 amide bonds. The van der Waals surface area contributed by atoms with E-state index in [1.54, 1.807) is 28.9 Å². The van der Waals surface area contributed by atoms with Crippen LogP contribution < -0.4 is 4.80 Å². The van der Waals surface area contributed by atoms with E-state index < -0.39 is 0 Å². The Balaban J connectivity index is 1.83. The summed E-state index contributed by atoms with van der Waals surface area (Å²) in [6.45, 7) is 0.649. The molecule has 4 aromatic rings. The highest BCUT2D eigenvalue weighted by Crippen LogP contribution is 2.26. The Bertz CT molecular complexity index is 981. The Kier molecular flexibility index (Phi) is 4.38. The maximum atomic E-state index is 5.96. The third-order valence-electron chi connectivity index (χ3n) is 3.52. The first-order valence-corrected chi connectivity index (χ1v) is 9.48. The average Bonchev–Trinajstić information content (AvgIpc) is 3.33. The summed E-state index contributed by atoms with van der Waals surface area (Å²) in [5.74, 6) is 0.906. The zero-order chi connectivity index (χ0) is 16.4. The lowest BCUT2D eigenvalue weighted by Crippen LogP contribution is -2.16. The topological polar surface area (TPSA) is 30.4 Å². The summed E-state index contributed by atoms with van der Waals surface area (Å²) in [7, 11) is 0. The van der Waals surface area contributed by atoms with Crippen LogP contribution in [0.5, 0.6) is 0 Å². The maximum absolute atomic E-state index is 5.96. The van der Waals surface area contributed by atoms with Crippen molar-refractivity contribution in [1.82, 2.24) is 4.57 Å². The number of nitrogens with zero attached hydrogens (tertiary/aromatic N) is 2. The number of halogens is 1. The molecule has 1 aromatic carbocycles. The third kappa shape index (κ3) is 3.24. The predicted octanol–water partition coefficient (Wildman–Crippen LogP) is 5.81. The largest absolute Gasteiger partial charge is 0.467 e. The molecule has 0 spiro atoms. The molecule has 6 heteroatoms. The van der Waals surface area contributed by atoms with E-state index in [2.05, 4.69) is 27.5 Å². The van der Waals surface area contributed by atoms with Gasteiger partial charge in [0.1, 0.15) is 5.76 Å². The van der Waals surface area contributed by atoms with Crippen LogP contribution in [0.4, 0.5) is 5.69 Å². The Morgan fingerprint density at radius 1 is 1.04 bits per heavy atom. The van der Waals surface area contributed by atoms with E-state index in [1.807, 2.05) is 36.4 Å². The van der Waals surface area contributed by atoms with Crippen LogP contribution in [0.3, 0.4) is 0 Å². The van der Waals surface area contributed by atoms with Crippen LogP contribution in [0.25, 0.3) is 10.6 Å². The molecular weight excluding hydrogens is 360 g/mol. The normalized spacial score (nSPS) is 12.0. The van der Waals surface area contributed by atoms with Crippen molar-refractivity contribution in [3.8, 4) is 10.6 Å². The highest BCUT2D eigenvalue weighted by molar-refractivity contribution is 7.14. The molecular formula is C18H13ClN2OS2. The van der Waals surface area contributed by atoms with Gasteiger partial charge in [-0.3, -0.25) is 0 Å². The standard InChI is InChI=1S/C18H13ClN2OS2/c19-13-5-7-14(8-6-13)20-18-21(11-15-3-1-9-22-15)16(12-24-18)17-4-2-10-23-17/h1-10,12H,11H2. The smallest absolute Gasteiger partial charge is 0.190 e. The Morgan fingerprint density at radius 2 is 1.92 bits per heavy atom. The lowest BCUT2D eigenvalue weighted by molar-refractivity contribution is 0.492. The fraction of sp³-hybridized carbons (Fsp3) is 0.0556. The summed E-state index contributed by atoms with van der Waals surface area (Å²) in [5.41, 5.74) is 2.03. The summed E-state index contributed by atoms with van der Waals surface area (Å²) in [4.78, 5) is 6.92. The molecule has 0 fully saturated rings. The van der Waals surface area contributed by atoms with E-state index >= 15 is 0 Å². The highest BCUT2D eigenvalue weighted by atomic mass is 35.5. The number of furan rings is 1. The number of thiazole rings is 1. The molecule has 0 aliphatic rings. The van der Waals surface area contributed by atoms with Gasteiger partial charge in [0.2, 0.25) is 0 Å². The molecule has 3 nitrogen and oxygen atoms in total. The summed E-state index contributed by atoms with van der Waals surface area (Å²) in [6.07, 6.45) is 1.70. The van der Waals surface area contributed by atoms with E-state index in [0.29, 0.717) is 11.6 Å². The minimum absolute atomic E-state index is 0.649. The van der Waals surface area contributed by atoms with Crippen LogP contribution in [0, 0.1) is 0 Å². The average molecular weight is 373 g/mol. The Labute approximate surface area is 152 Å². The maximum Gasteiger partial charge on any atom is 0.190 e. The van der Waals surface area contributed by atoms with Gasteiger partial charge in [-0.25, -0.2) is 4.99 Å². The molecule has 120 valence electrons. The Hall–Kier alpha value is -2.08. The van der Waals surface area contributed by atoms with Crippen LogP contribution >= 0.6 is 34.3 Å². The van der Waals surface area contributed by atoms with E-state index in [9.17, 15) is 0 Å². The minimum Gasteiger partial charge on any atom is -0.467 e. The van der Waals surface area contributed by atoms with Crippen molar-refractivity contribution in [2.24, 2.45) is 4.99 Å². The minimum atomic E-state index is 0.649. The van der Waals surface area contributed by atoms with Gasteiger partial charge in [0.25, 0.3) is 0 Å². The lowest BCUT2D eigenvalue weighted by atomic mass is 10.3. The fourth-order valence-corrected chi connectivity index (χ4v) is 4.25. The quantitative estimate of drug-likeness (QED) is 0.445. The monoisotopic (exact) mass is 372 g/mol. The summed E-state index contributed by atoms with van der Waals surface area (Å²) in [5, 5.41) is 4.94. The molecule has 0 N–H and O–H groups in total. The molecule has 0 unspecified atom stereocenters. The molecule has 24 heavy (non-hydrogen) atoms. The van der Waals surface area contributed by atoms with Crippen molar-refractivity contribution >= 4 is 40.0 Å². The number of hydrogen-bond acceptors (Lipinski definition) is 4. The molecule has 0 saturated carbocycles. The van der Waals surface area contributed by atoms with Gasteiger partial charge in [0.15, 0.2) is 4.80 Å². The van der Waals surface area contributed by atoms with Gasteiger partial charge >= 0.3 is 0 Å². The number of benzene rings is 1. The van der Waals surface area contributed by atoms with Crippen molar-refractivity contribution in [2.45, 2.75) is 6.54 Å². The van der Waals surface area contributed by atoms with E-state index in [4.69, 9.17) is 21.0 Å². The first-order chi connectivity index (χ1) is 11.8. The zero-order valence-corrected chi connectivity index (χ0v) is 14.9. The molecule has 3 heterocycles. The van der Waals surface area contributed by atoms with Crippen molar-refractivity contribution in [1.29, 1.82) is 0 Å². The Morgan fingerprint density at radius 3 is 2.62 bits per heavy atom. The molecule has 0 bridgehead atoms. The second-order valence-electron chi connectivity index (χ2n) is 5.13. The number of thiophene rings is 1. The molecule has 3 aromatic heterocycles. The first kappa shape index (κ1) is 15.4. The zero-order valence-electron chi connectivity index (χ0n) is 12.6. The summed E-state index contributed by atoms with van der Waals surface area (Å²) in [6, 6.07) is 15.6. The van der Waals surface area contributed by atoms with Crippen molar-refractivity contribution in [2.75, 3.05) is 0 Å².